The standard InChI is InChI=1S/C17H20N2O3/c1-12-5-4-6-14(11-12)22-10-9-19(3)17(21)15-8-7-13(2)18-16(15)20/h4-8,11H,9-10H2,1-3H3,(H,18,20). The Morgan fingerprint density at radius 3 is 2.68 bits per heavy atom. The van der Waals surface area contributed by atoms with Crippen LogP contribution in [-0.4, -0.2) is 36.0 Å². The molecular formula is C17H20N2O3. The highest BCUT2D eigenvalue weighted by atomic mass is 16.5. The predicted molar refractivity (Wildman–Crippen MR) is 85.4 cm³/mol. The van der Waals surface area contributed by atoms with Crippen LogP contribution in [0.1, 0.15) is 21.6 Å². The molecular weight excluding hydrogens is 280 g/mol. The summed E-state index contributed by atoms with van der Waals surface area (Å²) in [6, 6.07) is 11.0. The molecule has 0 spiro atoms. The van der Waals surface area contributed by atoms with Crippen LogP contribution in [0.15, 0.2) is 41.2 Å². The van der Waals surface area contributed by atoms with Crippen LogP contribution >= 0.6 is 0 Å². The molecule has 22 heavy (non-hydrogen) atoms. The van der Waals surface area contributed by atoms with Crippen LogP contribution < -0.4 is 10.3 Å². The van der Waals surface area contributed by atoms with E-state index in [9.17, 15) is 9.59 Å². The number of carbonyl (C=O) groups excluding carboxylic acids is 1. The number of ether oxygens (including phenoxy) is 1. The van der Waals surface area contributed by atoms with Crippen molar-refractivity contribution in [2.24, 2.45) is 0 Å². The summed E-state index contributed by atoms with van der Waals surface area (Å²) in [4.78, 5) is 28.1. The topological polar surface area (TPSA) is 62.4 Å². The Balaban J connectivity index is 1.93. The number of aromatic amines is 1. The van der Waals surface area contributed by atoms with Gasteiger partial charge in [0.15, 0.2) is 0 Å². The van der Waals surface area contributed by atoms with Crippen molar-refractivity contribution in [2.45, 2.75) is 13.8 Å². The van der Waals surface area contributed by atoms with Gasteiger partial charge in [-0.15, -0.1) is 0 Å². The lowest BCUT2D eigenvalue weighted by Crippen LogP contribution is -2.34. The van der Waals surface area contributed by atoms with Crippen LogP contribution in [0.3, 0.4) is 0 Å². The first-order chi connectivity index (χ1) is 10.5. The van der Waals surface area contributed by atoms with Crippen LogP contribution in [0.5, 0.6) is 5.75 Å². The molecule has 0 atom stereocenters. The average molecular weight is 300 g/mol. The van der Waals surface area contributed by atoms with E-state index in [-0.39, 0.29) is 17.0 Å². The second-order valence-corrected chi connectivity index (χ2v) is 5.28. The maximum Gasteiger partial charge on any atom is 0.260 e. The van der Waals surface area contributed by atoms with Crippen molar-refractivity contribution in [3.63, 3.8) is 0 Å². The fourth-order valence-corrected chi connectivity index (χ4v) is 2.05. The number of nitrogens with one attached hydrogen (secondary N) is 1. The average Bonchev–Trinajstić information content (AvgIpc) is 2.46. The Morgan fingerprint density at radius 1 is 1.23 bits per heavy atom. The second kappa shape index (κ2) is 6.93. The van der Waals surface area contributed by atoms with Gasteiger partial charge in [-0.05, 0) is 43.7 Å². The number of aromatic nitrogens is 1. The van der Waals surface area contributed by atoms with Crippen molar-refractivity contribution < 1.29 is 9.53 Å². The van der Waals surface area contributed by atoms with E-state index in [2.05, 4.69) is 4.98 Å². The van der Waals surface area contributed by atoms with Crippen molar-refractivity contribution in [2.75, 3.05) is 20.2 Å². The van der Waals surface area contributed by atoms with Gasteiger partial charge >= 0.3 is 0 Å². The Kier molecular flexibility index (Phi) is 4.99. The zero-order chi connectivity index (χ0) is 16.1. The van der Waals surface area contributed by atoms with Crippen LogP contribution in [0.25, 0.3) is 0 Å². The van der Waals surface area contributed by atoms with Crippen molar-refractivity contribution in [3.05, 3.63) is 63.6 Å². The molecule has 1 amide bonds. The van der Waals surface area contributed by atoms with E-state index in [4.69, 9.17) is 4.74 Å². The third-order valence-corrected chi connectivity index (χ3v) is 3.32. The molecule has 116 valence electrons. The van der Waals surface area contributed by atoms with Gasteiger partial charge < -0.3 is 14.6 Å². The molecule has 0 bridgehead atoms. The number of carbonyl (C=O) groups is 1. The fraction of sp³-hybridized carbons (Fsp3) is 0.294. The molecule has 0 aliphatic carbocycles. The summed E-state index contributed by atoms with van der Waals surface area (Å²) in [7, 11) is 1.65. The van der Waals surface area contributed by atoms with E-state index in [1.165, 1.54) is 4.90 Å². The minimum Gasteiger partial charge on any atom is -0.492 e. The van der Waals surface area contributed by atoms with E-state index >= 15 is 0 Å². The molecule has 0 radical (unpaired) electrons. The molecule has 0 fully saturated rings. The summed E-state index contributed by atoms with van der Waals surface area (Å²) in [6.07, 6.45) is 0. The first-order valence-corrected chi connectivity index (χ1v) is 7.12. The smallest absolute Gasteiger partial charge is 0.260 e. The Hall–Kier alpha value is -2.56. The maximum atomic E-state index is 12.2. The molecule has 1 aromatic carbocycles. The highest BCUT2D eigenvalue weighted by Crippen LogP contribution is 2.12. The molecule has 1 aromatic heterocycles. The van der Waals surface area contributed by atoms with Gasteiger partial charge in [0, 0.05) is 12.7 Å². The number of hydrogen-bond donors (Lipinski definition) is 1. The number of H-pyrrole nitrogens is 1. The van der Waals surface area contributed by atoms with E-state index in [1.807, 2.05) is 31.2 Å². The first kappa shape index (κ1) is 15.8. The summed E-state index contributed by atoms with van der Waals surface area (Å²) >= 11 is 0. The van der Waals surface area contributed by atoms with Gasteiger partial charge in [-0.2, -0.15) is 0 Å². The Bertz CT molecular complexity index is 722. The maximum absolute atomic E-state index is 12.2. The van der Waals surface area contributed by atoms with Gasteiger partial charge in [0.25, 0.3) is 11.5 Å². The van der Waals surface area contributed by atoms with Crippen molar-refractivity contribution >= 4 is 5.91 Å². The lowest BCUT2D eigenvalue weighted by Gasteiger charge is -2.17. The third kappa shape index (κ3) is 3.97. The molecule has 2 rings (SSSR count). The SMILES string of the molecule is Cc1cccc(OCCN(C)C(=O)c2ccc(C)[nH]c2=O)c1. The molecule has 0 aliphatic rings. The summed E-state index contributed by atoms with van der Waals surface area (Å²) in [5.41, 5.74) is 1.63. The molecule has 0 unspecified atom stereocenters. The van der Waals surface area contributed by atoms with Crippen molar-refractivity contribution in [1.29, 1.82) is 0 Å². The predicted octanol–water partition coefficient (Wildman–Crippen LogP) is 2.14. The molecule has 1 heterocycles. The zero-order valence-electron chi connectivity index (χ0n) is 13.1. The van der Waals surface area contributed by atoms with Crippen LogP contribution in [0, 0.1) is 13.8 Å². The highest BCUT2D eigenvalue weighted by Gasteiger charge is 2.15. The largest absolute Gasteiger partial charge is 0.492 e. The lowest BCUT2D eigenvalue weighted by molar-refractivity contribution is 0.0772. The summed E-state index contributed by atoms with van der Waals surface area (Å²) in [5, 5.41) is 0. The highest BCUT2D eigenvalue weighted by molar-refractivity contribution is 5.93. The Morgan fingerprint density at radius 2 is 2.00 bits per heavy atom. The van der Waals surface area contributed by atoms with Gasteiger partial charge in [-0.25, -0.2) is 0 Å². The first-order valence-electron chi connectivity index (χ1n) is 7.12. The lowest BCUT2D eigenvalue weighted by atomic mass is 10.2. The number of benzene rings is 1. The number of aryl methyl sites for hydroxylation is 2. The summed E-state index contributed by atoms with van der Waals surface area (Å²) in [5.74, 6) is 0.461. The minimum absolute atomic E-state index is 0.142. The quantitative estimate of drug-likeness (QED) is 0.920. The monoisotopic (exact) mass is 300 g/mol. The molecule has 2 aromatic rings. The number of rotatable bonds is 5. The zero-order valence-corrected chi connectivity index (χ0v) is 13.1. The number of amides is 1. The minimum atomic E-state index is -0.364. The van der Waals surface area contributed by atoms with Gasteiger partial charge in [0.05, 0.1) is 6.54 Å². The molecule has 5 heteroatoms. The summed E-state index contributed by atoms with van der Waals surface area (Å²) < 4.78 is 5.61. The van der Waals surface area contributed by atoms with E-state index in [0.29, 0.717) is 13.2 Å². The van der Waals surface area contributed by atoms with Crippen LogP contribution in [-0.2, 0) is 0 Å². The van der Waals surface area contributed by atoms with E-state index < -0.39 is 0 Å². The molecule has 0 aliphatic heterocycles. The van der Waals surface area contributed by atoms with Crippen LogP contribution in [0.4, 0.5) is 0 Å². The van der Waals surface area contributed by atoms with Gasteiger partial charge in [-0.1, -0.05) is 12.1 Å². The molecule has 1 N–H and O–H groups in total. The fourth-order valence-electron chi connectivity index (χ4n) is 2.05. The van der Waals surface area contributed by atoms with Crippen molar-refractivity contribution in [3.8, 4) is 5.75 Å². The normalized spacial score (nSPS) is 10.3. The van der Waals surface area contributed by atoms with Gasteiger partial charge in [0.2, 0.25) is 0 Å². The number of pyridine rings is 1. The number of likely N-dealkylation sites (N-methyl/N-ethyl adjacent to an activating group) is 1. The van der Waals surface area contributed by atoms with Gasteiger partial charge in [-0.3, -0.25) is 9.59 Å². The van der Waals surface area contributed by atoms with Gasteiger partial charge in [0.1, 0.15) is 17.9 Å². The second-order valence-electron chi connectivity index (χ2n) is 5.28. The third-order valence-electron chi connectivity index (χ3n) is 3.32. The van der Waals surface area contributed by atoms with E-state index in [0.717, 1.165) is 17.0 Å². The number of nitrogens with zero attached hydrogens (tertiary/aromatic N) is 1. The van der Waals surface area contributed by atoms with E-state index in [1.54, 1.807) is 26.1 Å². The van der Waals surface area contributed by atoms with Crippen LogP contribution in [0.2, 0.25) is 0 Å². The molecule has 0 saturated heterocycles. The molecule has 0 saturated carbocycles. The van der Waals surface area contributed by atoms with Crippen molar-refractivity contribution in [1.82, 2.24) is 9.88 Å². The number of hydrogen-bond acceptors (Lipinski definition) is 3. The molecule has 5 nitrogen and oxygen atoms in total. The summed E-state index contributed by atoms with van der Waals surface area (Å²) in [6.45, 7) is 4.54. The Labute approximate surface area is 129 Å².